The van der Waals surface area contributed by atoms with Crippen LogP contribution in [0.2, 0.25) is 0 Å². The molecule has 2 aliphatic rings. The topological polar surface area (TPSA) is 75.6 Å². The number of hydrogen-bond donors (Lipinski definition) is 2. The van der Waals surface area contributed by atoms with Gasteiger partial charge in [0.15, 0.2) is 0 Å². The number of morpholine rings is 1. The van der Waals surface area contributed by atoms with Crippen LogP contribution in [0.4, 0.5) is 5.69 Å². The maximum absolute atomic E-state index is 12.5. The quantitative estimate of drug-likeness (QED) is 0.854. The molecule has 1 aromatic heterocycles. The molecular weight excluding hydrogens is 344 g/mol. The fourth-order valence-electron chi connectivity index (χ4n) is 3.79. The number of fused-ring (bicyclic) bond motifs is 1. The van der Waals surface area contributed by atoms with Gasteiger partial charge in [-0.25, -0.2) is 0 Å². The zero-order valence-electron chi connectivity index (χ0n) is 15.4. The number of carbonyl (C=O) groups excluding carboxylic acids is 2. The van der Waals surface area contributed by atoms with E-state index in [1.165, 1.54) is 0 Å². The highest BCUT2D eigenvalue weighted by Gasteiger charge is 2.21. The molecule has 7 nitrogen and oxygen atoms in total. The van der Waals surface area contributed by atoms with Gasteiger partial charge >= 0.3 is 0 Å². The van der Waals surface area contributed by atoms with E-state index in [1.54, 1.807) is 0 Å². The van der Waals surface area contributed by atoms with Crippen molar-refractivity contribution < 1.29 is 14.3 Å². The first-order valence-corrected chi connectivity index (χ1v) is 9.67. The molecule has 0 saturated carbocycles. The van der Waals surface area contributed by atoms with Crippen LogP contribution in [-0.2, 0) is 20.9 Å². The SMILES string of the molecule is O=C(Nc1ccc2c(ccn2CC(=O)N2CCOCC2)c1)C1CCCNC1. The molecule has 1 unspecified atom stereocenters. The fraction of sp³-hybridized carbons (Fsp3) is 0.500. The number of nitrogens with zero attached hydrogens (tertiary/aromatic N) is 2. The van der Waals surface area contributed by atoms with Gasteiger partial charge in [-0.15, -0.1) is 0 Å². The zero-order valence-corrected chi connectivity index (χ0v) is 15.4. The van der Waals surface area contributed by atoms with Gasteiger partial charge in [0.1, 0.15) is 6.54 Å². The third-order valence-corrected chi connectivity index (χ3v) is 5.38. The summed E-state index contributed by atoms with van der Waals surface area (Å²) >= 11 is 0. The van der Waals surface area contributed by atoms with Crippen molar-refractivity contribution in [3.8, 4) is 0 Å². The molecule has 144 valence electrons. The van der Waals surface area contributed by atoms with E-state index >= 15 is 0 Å². The average molecular weight is 370 g/mol. The van der Waals surface area contributed by atoms with Crippen molar-refractivity contribution in [3.63, 3.8) is 0 Å². The molecule has 0 bridgehead atoms. The molecule has 7 heteroatoms. The Morgan fingerprint density at radius 2 is 2.07 bits per heavy atom. The van der Waals surface area contributed by atoms with Crippen LogP contribution in [-0.4, -0.2) is 60.7 Å². The smallest absolute Gasteiger partial charge is 0.242 e. The molecule has 2 aliphatic heterocycles. The lowest BCUT2D eigenvalue weighted by Crippen LogP contribution is -2.42. The van der Waals surface area contributed by atoms with Gasteiger partial charge in [-0.2, -0.15) is 0 Å². The highest BCUT2D eigenvalue weighted by molar-refractivity contribution is 5.95. The van der Waals surface area contributed by atoms with Crippen LogP contribution in [0.15, 0.2) is 30.5 Å². The van der Waals surface area contributed by atoms with Crippen molar-refractivity contribution in [2.24, 2.45) is 5.92 Å². The number of hydrogen-bond acceptors (Lipinski definition) is 4. The molecule has 0 radical (unpaired) electrons. The summed E-state index contributed by atoms with van der Waals surface area (Å²) in [6.45, 7) is 4.59. The number of aromatic nitrogens is 1. The molecule has 1 atom stereocenters. The van der Waals surface area contributed by atoms with Crippen molar-refractivity contribution >= 4 is 28.4 Å². The van der Waals surface area contributed by atoms with Crippen LogP contribution >= 0.6 is 0 Å². The first-order chi connectivity index (χ1) is 13.2. The standard InChI is InChI=1S/C20H26N4O3/c25-19(23-8-10-27-11-9-23)14-24-7-5-15-12-17(3-4-18(15)24)22-20(26)16-2-1-6-21-13-16/h3-5,7,12,16,21H,1-2,6,8-11,13-14H2,(H,22,26). The summed E-state index contributed by atoms with van der Waals surface area (Å²) in [6, 6.07) is 7.84. The summed E-state index contributed by atoms with van der Waals surface area (Å²) in [4.78, 5) is 26.7. The Bertz CT molecular complexity index is 820. The normalized spacial score (nSPS) is 20.6. The van der Waals surface area contributed by atoms with Gasteiger partial charge < -0.3 is 24.8 Å². The Balaban J connectivity index is 1.43. The molecule has 0 aliphatic carbocycles. The highest BCUT2D eigenvalue weighted by Crippen LogP contribution is 2.22. The molecular formula is C20H26N4O3. The van der Waals surface area contributed by atoms with Crippen LogP contribution in [0.5, 0.6) is 0 Å². The number of carbonyl (C=O) groups is 2. The fourth-order valence-corrected chi connectivity index (χ4v) is 3.79. The summed E-state index contributed by atoms with van der Waals surface area (Å²) in [7, 11) is 0. The largest absolute Gasteiger partial charge is 0.378 e. The van der Waals surface area contributed by atoms with Crippen LogP contribution in [0.25, 0.3) is 10.9 Å². The minimum Gasteiger partial charge on any atom is -0.378 e. The second-order valence-corrected chi connectivity index (χ2v) is 7.24. The Kier molecular flexibility index (Phi) is 5.40. The van der Waals surface area contributed by atoms with Crippen LogP contribution in [0.3, 0.4) is 0 Å². The zero-order chi connectivity index (χ0) is 18.6. The van der Waals surface area contributed by atoms with Crippen molar-refractivity contribution in [1.82, 2.24) is 14.8 Å². The predicted octanol–water partition coefficient (Wildman–Crippen LogP) is 1.44. The van der Waals surface area contributed by atoms with Crippen molar-refractivity contribution in [1.29, 1.82) is 0 Å². The van der Waals surface area contributed by atoms with Crippen LogP contribution < -0.4 is 10.6 Å². The molecule has 27 heavy (non-hydrogen) atoms. The van der Waals surface area contributed by atoms with E-state index < -0.39 is 0 Å². The molecule has 1 aromatic carbocycles. The van der Waals surface area contributed by atoms with E-state index in [4.69, 9.17) is 4.74 Å². The minimum atomic E-state index is 0.0326. The molecule has 2 aromatic rings. The lowest BCUT2D eigenvalue weighted by Gasteiger charge is -2.27. The maximum Gasteiger partial charge on any atom is 0.242 e. The summed E-state index contributed by atoms with van der Waals surface area (Å²) < 4.78 is 7.27. The molecule has 4 rings (SSSR count). The summed E-state index contributed by atoms with van der Waals surface area (Å²) in [5.41, 5.74) is 1.80. The number of rotatable bonds is 4. The maximum atomic E-state index is 12.5. The number of piperidine rings is 1. The van der Waals surface area contributed by atoms with Crippen molar-refractivity contribution in [2.45, 2.75) is 19.4 Å². The molecule has 3 heterocycles. The number of anilines is 1. The lowest BCUT2D eigenvalue weighted by molar-refractivity contribution is -0.135. The molecule has 0 spiro atoms. The third kappa shape index (κ3) is 4.14. The number of ether oxygens (including phenoxy) is 1. The van der Waals surface area contributed by atoms with E-state index in [0.29, 0.717) is 32.8 Å². The molecule has 2 fully saturated rings. The number of amides is 2. The Morgan fingerprint density at radius 1 is 1.22 bits per heavy atom. The lowest BCUT2D eigenvalue weighted by atomic mass is 9.99. The highest BCUT2D eigenvalue weighted by atomic mass is 16.5. The van der Waals surface area contributed by atoms with E-state index in [0.717, 1.165) is 42.5 Å². The third-order valence-electron chi connectivity index (χ3n) is 5.38. The summed E-state index contributed by atoms with van der Waals surface area (Å²) in [5.74, 6) is 0.214. The number of nitrogens with one attached hydrogen (secondary N) is 2. The van der Waals surface area contributed by atoms with Gasteiger partial charge in [0.25, 0.3) is 0 Å². The van der Waals surface area contributed by atoms with Gasteiger partial charge in [-0.1, -0.05) is 0 Å². The first-order valence-electron chi connectivity index (χ1n) is 9.67. The summed E-state index contributed by atoms with van der Waals surface area (Å²) in [6.07, 6.45) is 3.90. The Morgan fingerprint density at radius 3 is 2.85 bits per heavy atom. The average Bonchev–Trinajstić information content (AvgIpc) is 3.11. The van der Waals surface area contributed by atoms with Gasteiger partial charge in [-0.05, 0) is 43.7 Å². The van der Waals surface area contributed by atoms with Crippen LogP contribution in [0, 0.1) is 5.92 Å². The Hall–Kier alpha value is -2.38. The second-order valence-electron chi connectivity index (χ2n) is 7.24. The van der Waals surface area contributed by atoms with Crippen LogP contribution in [0.1, 0.15) is 12.8 Å². The monoisotopic (exact) mass is 370 g/mol. The molecule has 2 N–H and O–H groups in total. The first kappa shape index (κ1) is 18.0. The minimum absolute atomic E-state index is 0.0326. The van der Waals surface area contributed by atoms with E-state index in [1.807, 2.05) is 39.9 Å². The van der Waals surface area contributed by atoms with E-state index in [-0.39, 0.29) is 17.7 Å². The predicted molar refractivity (Wildman–Crippen MR) is 104 cm³/mol. The van der Waals surface area contributed by atoms with E-state index in [2.05, 4.69) is 10.6 Å². The van der Waals surface area contributed by atoms with Gasteiger partial charge in [0, 0.05) is 42.4 Å². The number of benzene rings is 1. The second kappa shape index (κ2) is 8.10. The van der Waals surface area contributed by atoms with Crippen molar-refractivity contribution in [3.05, 3.63) is 30.5 Å². The van der Waals surface area contributed by atoms with Crippen molar-refractivity contribution in [2.75, 3.05) is 44.7 Å². The molecule has 2 amide bonds. The van der Waals surface area contributed by atoms with Gasteiger partial charge in [0.2, 0.25) is 11.8 Å². The summed E-state index contributed by atoms with van der Waals surface area (Å²) in [5, 5.41) is 7.32. The van der Waals surface area contributed by atoms with E-state index in [9.17, 15) is 9.59 Å². The Labute approximate surface area is 158 Å². The van der Waals surface area contributed by atoms with Gasteiger partial charge in [-0.3, -0.25) is 9.59 Å². The molecule has 2 saturated heterocycles. The van der Waals surface area contributed by atoms with Gasteiger partial charge in [0.05, 0.1) is 19.1 Å².